The summed E-state index contributed by atoms with van der Waals surface area (Å²) >= 11 is 0. The highest BCUT2D eigenvalue weighted by molar-refractivity contribution is 6.04. The average molecular weight is 266 g/mol. The average Bonchev–Trinajstić information content (AvgIpc) is 2.36. The molecule has 3 atom stereocenters. The quantitative estimate of drug-likeness (QED) is 0.709. The van der Waals surface area contributed by atoms with Gasteiger partial charge in [0.15, 0.2) is 0 Å². The van der Waals surface area contributed by atoms with Crippen LogP contribution in [-0.4, -0.2) is 29.9 Å². The summed E-state index contributed by atoms with van der Waals surface area (Å²) in [4.78, 5) is 34.4. The van der Waals surface area contributed by atoms with Crippen molar-refractivity contribution in [2.45, 2.75) is 32.0 Å². The first-order valence-electron chi connectivity index (χ1n) is 6.16. The van der Waals surface area contributed by atoms with Gasteiger partial charge in [0.05, 0.1) is 0 Å². The zero-order chi connectivity index (χ0) is 14.0. The molecule has 1 aliphatic heterocycles. The molecule has 0 aromatic rings. The Balaban J connectivity index is 1.98. The minimum atomic E-state index is -1.09. The van der Waals surface area contributed by atoms with Crippen molar-refractivity contribution >= 4 is 17.7 Å². The first kappa shape index (κ1) is 13.5. The number of piperidine rings is 1. The van der Waals surface area contributed by atoms with Crippen molar-refractivity contribution in [2.75, 3.05) is 0 Å². The third-order valence-corrected chi connectivity index (χ3v) is 3.21. The first-order chi connectivity index (χ1) is 8.97. The Morgan fingerprint density at radius 1 is 1.47 bits per heavy atom. The van der Waals surface area contributed by atoms with Crippen molar-refractivity contribution in [3.63, 3.8) is 0 Å². The van der Waals surface area contributed by atoms with Crippen LogP contribution in [0, 0.1) is 5.92 Å². The van der Waals surface area contributed by atoms with E-state index in [9.17, 15) is 18.8 Å². The largest absolute Gasteiger partial charge is 0.340 e. The predicted octanol–water partition coefficient (Wildman–Crippen LogP) is 0.378. The topological polar surface area (TPSA) is 75.3 Å². The maximum absolute atomic E-state index is 13.2. The van der Waals surface area contributed by atoms with E-state index in [1.54, 1.807) is 6.92 Å². The van der Waals surface area contributed by atoms with Gasteiger partial charge in [0.1, 0.15) is 12.2 Å². The summed E-state index contributed by atoms with van der Waals surface area (Å²) in [5.41, 5.74) is 0.339. The molecule has 0 aromatic carbocycles. The fraction of sp³-hybridized carbons (Fsp3) is 0.462. The third-order valence-electron chi connectivity index (χ3n) is 3.21. The third kappa shape index (κ3) is 3.07. The molecule has 6 heteroatoms. The molecule has 5 nitrogen and oxygen atoms in total. The Bertz CT molecular complexity index is 484. The molecule has 2 rings (SSSR count). The van der Waals surface area contributed by atoms with Crippen LogP contribution in [0.15, 0.2) is 23.8 Å². The number of nitrogens with one attached hydrogen (secondary N) is 2. The lowest BCUT2D eigenvalue weighted by Gasteiger charge is -2.23. The van der Waals surface area contributed by atoms with E-state index in [4.69, 9.17) is 0 Å². The summed E-state index contributed by atoms with van der Waals surface area (Å²) in [6.07, 6.45) is 3.66. The number of hydrogen-bond donors (Lipinski definition) is 2. The van der Waals surface area contributed by atoms with E-state index < -0.39 is 24.0 Å². The Kier molecular flexibility index (Phi) is 3.78. The van der Waals surface area contributed by atoms with Crippen LogP contribution in [-0.2, 0) is 14.4 Å². The Morgan fingerprint density at radius 3 is 2.84 bits per heavy atom. The zero-order valence-electron chi connectivity index (χ0n) is 10.5. The second kappa shape index (κ2) is 5.34. The number of allylic oxidation sites excluding steroid dienone is 2. The maximum atomic E-state index is 13.2. The van der Waals surface area contributed by atoms with Crippen LogP contribution in [0.3, 0.4) is 0 Å². The molecule has 1 saturated heterocycles. The molecule has 2 N–H and O–H groups in total. The van der Waals surface area contributed by atoms with Gasteiger partial charge in [-0.2, -0.15) is 0 Å². The summed E-state index contributed by atoms with van der Waals surface area (Å²) in [6, 6.07) is -0.710. The Labute approximate surface area is 109 Å². The molecule has 1 heterocycles. The molecule has 0 bridgehead atoms. The fourth-order valence-electron chi connectivity index (χ4n) is 2.03. The molecule has 102 valence electrons. The van der Waals surface area contributed by atoms with E-state index in [-0.39, 0.29) is 24.7 Å². The van der Waals surface area contributed by atoms with Crippen LogP contribution >= 0.6 is 0 Å². The monoisotopic (exact) mass is 266 g/mol. The number of amides is 3. The molecule has 19 heavy (non-hydrogen) atoms. The molecule has 1 fully saturated rings. The molecule has 3 unspecified atom stereocenters. The second-order valence-electron chi connectivity index (χ2n) is 4.76. The Morgan fingerprint density at radius 2 is 2.21 bits per heavy atom. The van der Waals surface area contributed by atoms with E-state index in [2.05, 4.69) is 10.6 Å². The summed E-state index contributed by atoms with van der Waals surface area (Å²) in [7, 11) is 0. The van der Waals surface area contributed by atoms with E-state index in [1.807, 2.05) is 0 Å². The summed E-state index contributed by atoms with van der Waals surface area (Å²) in [5, 5.41) is 4.71. The van der Waals surface area contributed by atoms with E-state index >= 15 is 0 Å². The minimum Gasteiger partial charge on any atom is -0.340 e. The highest BCUT2D eigenvalue weighted by atomic mass is 19.1. The lowest BCUT2D eigenvalue weighted by atomic mass is 9.95. The van der Waals surface area contributed by atoms with Gasteiger partial charge in [-0.1, -0.05) is 19.1 Å². The number of rotatable bonds is 2. The van der Waals surface area contributed by atoms with Gasteiger partial charge in [-0.25, -0.2) is 4.39 Å². The Hall–Kier alpha value is -1.98. The van der Waals surface area contributed by atoms with Crippen LogP contribution < -0.4 is 10.6 Å². The van der Waals surface area contributed by atoms with E-state index in [0.29, 0.717) is 5.57 Å². The highest BCUT2D eigenvalue weighted by Crippen LogP contribution is 2.19. The molecule has 3 amide bonds. The zero-order valence-corrected chi connectivity index (χ0v) is 10.5. The minimum absolute atomic E-state index is 0.203. The molecule has 0 spiro atoms. The van der Waals surface area contributed by atoms with E-state index in [1.165, 1.54) is 18.2 Å². The number of carbonyl (C=O) groups is 3. The van der Waals surface area contributed by atoms with Gasteiger partial charge in [-0.05, 0) is 12.5 Å². The maximum Gasteiger partial charge on any atom is 0.251 e. The van der Waals surface area contributed by atoms with Crippen LogP contribution in [0.5, 0.6) is 0 Å². The molecule has 1 aliphatic carbocycles. The molecule has 2 aliphatic rings. The smallest absolute Gasteiger partial charge is 0.251 e. The van der Waals surface area contributed by atoms with Crippen LogP contribution in [0.2, 0.25) is 0 Å². The summed E-state index contributed by atoms with van der Waals surface area (Å²) < 4.78 is 13.2. The standard InChI is InChI=1S/C13H15FN2O3/c1-7-6-8(2-3-9(7)14)12(18)15-10-4-5-11(17)16-13(10)19/h2-3,6-7,9-10H,4-5H2,1H3,(H,15,18)(H,16,17,19). The lowest BCUT2D eigenvalue weighted by molar-refractivity contribution is -0.136. The van der Waals surface area contributed by atoms with Crippen LogP contribution in [0.25, 0.3) is 0 Å². The lowest BCUT2D eigenvalue weighted by Crippen LogP contribution is -2.52. The number of imide groups is 1. The molecule has 0 saturated carbocycles. The first-order valence-corrected chi connectivity index (χ1v) is 6.16. The van der Waals surface area contributed by atoms with Crippen molar-refractivity contribution in [1.82, 2.24) is 10.6 Å². The number of halogens is 1. The molecule has 0 radical (unpaired) electrons. The van der Waals surface area contributed by atoms with Crippen molar-refractivity contribution in [2.24, 2.45) is 5.92 Å². The number of hydrogen-bond acceptors (Lipinski definition) is 3. The van der Waals surface area contributed by atoms with Gasteiger partial charge in [-0.15, -0.1) is 0 Å². The van der Waals surface area contributed by atoms with E-state index in [0.717, 1.165) is 0 Å². The van der Waals surface area contributed by atoms with Crippen LogP contribution in [0.1, 0.15) is 19.8 Å². The van der Waals surface area contributed by atoms with Gasteiger partial charge in [0.25, 0.3) is 5.91 Å². The predicted molar refractivity (Wildman–Crippen MR) is 65.6 cm³/mol. The van der Waals surface area contributed by atoms with Gasteiger partial charge >= 0.3 is 0 Å². The van der Waals surface area contributed by atoms with Gasteiger partial charge in [0, 0.05) is 17.9 Å². The molecule has 0 aromatic heterocycles. The van der Waals surface area contributed by atoms with Gasteiger partial charge in [0.2, 0.25) is 11.8 Å². The SMILES string of the molecule is CC1C=C(C(=O)NC2CCC(=O)NC2=O)C=CC1F. The van der Waals surface area contributed by atoms with Crippen molar-refractivity contribution in [3.05, 3.63) is 23.8 Å². The molecular formula is C13H15FN2O3. The fourth-order valence-corrected chi connectivity index (χ4v) is 2.03. The van der Waals surface area contributed by atoms with Crippen molar-refractivity contribution < 1.29 is 18.8 Å². The normalized spacial score (nSPS) is 30.6. The van der Waals surface area contributed by atoms with Crippen LogP contribution in [0.4, 0.5) is 4.39 Å². The van der Waals surface area contributed by atoms with Crippen molar-refractivity contribution in [1.29, 1.82) is 0 Å². The molecular weight excluding hydrogens is 251 g/mol. The number of carbonyl (C=O) groups excluding carboxylic acids is 3. The second-order valence-corrected chi connectivity index (χ2v) is 4.76. The summed E-state index contributed by atoms with van der Waals surface area (Å²) in [6.45, 7) is 1.67. The summed E-state index contributed by atoms with van der Waals surface area (Å²) in [5.74, 6) is -1.63. The highest BCUT2D eigenvalue weighted by Gasteiger charge is 2.29. The van der Waals surface area contributed by atoms with Crippen molar-refractivity contribution in [3.8, 4) is 0 Å². The van der Waals surface area contributed by atoms with Gasteiger partial charge in [-0.3, -0.25) is 19.7 Å². The van der Waals surface area contributed by atoms with Gasteiger partial charge < -0.3 is 5.32 Å². The number of alkyl halides is 1.